The molecule has 0 aromatic heterocycles. The maximum atomic E-state index is 10.6. The van der Waals surface area contributed by atoms with Crippen LogP contribution in [0.5, 0.6) is 0 Å². The lowest BCUT2D eigenvalue weighted by atomic mass is 10.1. The van der Waals surface area contributed by atoms with E-state index in [1.54, 1.807) is 5.32 Å². The zero-order valence-corrected chi connectivity index (χ0v) is 7.47. The van der Waals surface area contributed by atoms with E-state index in [0.29, 0.717) is 0 Å². The van der Waals surface area contributed by atoms with Gasteiger partial charge in [-0.15, -0.1) is 0 Å². The van der Waals surface area contributed by atoms with Crippen molar-refractivity contribution < 1.29 is 34.5 Å². The first kappa shape index (κ1) is 12.9. The molecule has 1 amide bonds. The van der Waals surface area contributed by atoms with Gasteiger partial charge in [0.1, 0.15) is 6.04 Å². The summed E-state index contributed by atoms with van der Waals surface area (Å²) in [5.74, 6) is -6.01. The SMILES string of the molecule is O=C(O)CC[C@@H](NC(=O)C(=O)O)C(=O)O. The van der Waals surface area contributed by atoms with Crippen LogP contribution in [0.2, 0.25) is 0 Å². The summed E-state index contributed by atoms with van der Waals surface area (Å²) >= 11 is 0. The molecule has 0 aliphatic rings. The smallest absolute Gasteiger partial charge is 0.394 e. The van der Waals surface area contributed by atoms with Gasteiger partial charge in [0.05, 0.1) is 0 Å². The predicted octanol–water partition coefficient (Wildman–Crippen LogP) is -1.49. The molecule has 0 aliphatic carbocycles. The number of hydrogen-bond acceptors (Lipinski definition) is 4. The molecule has 0 aliphatic heterocycles. The molecule has 0 aromatic carbocycles. The molecule has 0 radical (unpaired) electrons. The van der Waals surface area contributed by atoms with Gasteiger partial charge < -0.3 is 20.6 Å². The normalized spacial score (nSPS) is 11.5. The Hall–Kier alpha value is -2.12. The van der Waals surface area contributed by atoms with Crippen molar-refractivity contribution in [3.8, 4) is 0 Å². The van der Waals surface area contributed by atoms with E-state index in [9.17, 15) is 19.2 Å². The highest BCUT2D eigenvalue weighted by Gasteiger charge is 2.23. The molecule has 0 aromatic rings. The fourth-order valence-corrected chi connectivity index (χ4v) is 0.745. The van der Waals surface area contributed by atoms with Crippen LogP contribution in [0.1, 0.15) is 12.8 Å². The van der Waals surface area contributed by atoms with Gasteiger partial charge in [-0.3, -0.25) is 9.59 Å². The van der Waals surface area contributed by atoms with E-state index < -0.39 is 36.3 Å². The molecule has 0 unspecified atom stereocenters. The van der Waals surface area contributed by atoms with Crippen LogP contribution < -0.4 is 5.32 Å². The maximum absolute atomic E-state index is 10.6. The van der Waals surface area contributed by atoms with Gasteiger partial charge in [-0.2, -0.15) is 0 Å². The number of hydrogen-bond donors (Lipinski definition) is 4. The third-order valence-electron chi connectivity index (χ3n) is 1.44. The first-order valence-corrected chi connectivity index (χ1v) is 3.83. The monoisotopic (exact) mass is 219 g/mol. The molecule has 0 saturated carbocycles. The molecule has 0 bridgehead atoms. The second-order valence-electron chi connectivity index (χ2n) is 2.60. The minimum atomic E-state index is -1.82. The Labute approximate surface area is 83.5 Å². The Morgan fingerprint density at radius 3 is 1.93 bits per heavy atom. The van der Waals surface area contributed by atoms with E-state index in [1.165, 1.54) is 0 Å². The van der Waals surface area contributed by atoms with Crippen molar-refractivity contribution in [1.82, 2.24) is 5.32 Å². The van der Waals surface area contributed by atoms with Crippen molar-refractivity contribution in [2.45, 2.75) is 18.9 Å². The van der Waals surface area contributed by atoms with E-state index in [4.69, 9.17) is 15.3 Å². The summed E-state index contributed by atoms with van der Waals surface area (Å²) in [5.41, 5.74) is 0. The molecular formula is C7H9NO7. The van der Waals surface area contributed by atoms with E-state index >= 15 is 0 Å². The lowest BCUT2D eigenvalue weighted by Gasteiger charge is -2.11. The highest BCUT2D eigenvalue weighted by Crippen LogP contribution is 1.97. The number of carbonyl (C=O) groups is 4. The molecule has 1 atom stereocenters. The molecule has 8 nitrogen and oxygen atoms in total. The van der Waals surface area contributed by atoms with Crippen LogP contribution in [0.25, 0.3) is 0 Å². The van der Waals surface area contributed by atoms with Gasteiger partial charge in [0.25, 0.3) is 0 Å². The van der Waals surface area contributed by atoms with Gasteiger partial charge >= 0.3 is 23.8 Å². The van der Waals surface area contributed by atoms with Gasteiger partial charge in [-0.25, -0.2) is 9.59 Å². The number of nitrogens with one attached hydrogen (secondary N) is 1. The quantitative estimate of drug-likeness (QED) is 0.412. The van der Waals surface area contributed by atoms with Gasteiger partial charge in [-0.05, 0) is 6.42 Å². The summed E-state index contributed by atoms with van der Waals surface area (Å²) in [6, 6.07) is -1.51. The average Bonchev–Trinajstić information content (AvgIpc) is 2.10. The summed E-state index contributed by atoms with van der Waals surface area (Å²) in [6.07, 6.45) is -0.847. The lowest BCUT2D eigenvalue weighted by Crippen LogP contribution is -2.44. The Balaban J connectivity index is 4.28. The van der Waals surface area contributed by atoms with E-state index in [-0.39, 0.29) is 6.42 Å². The Bertz CT molecular complexity index is 298. The second kappa shape index (κ2) is 5.58. The number of rotatable bonds is 5. The van der Waals surface area contributed by atoms with Crippen LogP contribution in [-0.4, -0.2) is 45.2 Å². The first-order valence-electron chi connectivity index (χ1n) is 3.83. The fourth-order valence-electron chi connectivity index (χ4n) is 0.745. The highest BCUT2D eigenvalue weighted by atomic mass is 16.4. The van der Waals surface area contributed by atoms with Crippen LogP contribution in [0, 0.1) is 0 Å². The fraction of sp³-hybridized carbons (Fsp3) is 0.429. The first-order chi connectivity index (χ1) is 6.84. The van der Waals surface area contributed by atoms with E-state index in [0.717, 1.165) is 0 Å². The van der Waals surface area contributed by atoms with Crippen molar-refractivity contribution in [2.24, 2.45) is 0 Å². The van der Waals surface area contributed by atoms with Crippen LogP contribution in [0.4, 0.5) is 0 Å². The Morgan fingerprint density at radius 1 is 1.07 bits per heavy atom. The zero-order valence-electron chi connectivity index (χ0n) is 7.47. The number of aliphatic carboxylic acids is 3. The number of carbonyl (C=O) groups excluding carboxylic acids is 1. The number of carboxylic acids is 3. The standard InChI is InChI=1S/C7H9NO7/c9-4(10)2-1-3(6(12)13)8-5(11)7(14)15/h3H,1-2H2,(H,8,11)(H,9,10)(H,12,13)(H,14,15)/t3-/m1/s1. The molecule has 0 spiro atoms. The van der Waals surface area contributed by atoms with Crippen molar-refractivity contribution in [1.29, 1.82) is 0 Å². The average molecular weight is 219 g/mol. The number of amides is 1. The summed E-state index contributed by atoms with van der Waals surface area (Å²) in [7, 11) is 0. The van der Waals surface area contributed by atoms with Crippen LogP contribution in [0.3, 0.4) is 0 Å². The minimum absolute atomic E-state index is 0.371. The van der Waals surface area contributed by atoms with Crippen LogP contribution >= 0.6 is 0 Å². The molecular weight excluding hydrogens is 210 g/mol. The maximum Gasteiger partial charge on any atom is 0.394 e. The zero-order chi connectivity index (χ0) is 12.0. The molecule has 0 saturated heterocycles. The van der Waals surface area contributed by atoms with Crippen molar-refractivity contribution in [2.75, 3.05) is 0 Å². The van der Waals surface area contributed by atoms with Gasteiger partial charge in [-0.1, -0.05) is 0 Å². The third kappa shape index (κ3) is 5.24. The summed E-state index contributed by atoms with van der Waals surface area (Å²) in [4.78, 5) is 41.2. The van der Waals surface area contributed by atoms with E-state index in [1.807, 2.05) is 0 Å². The third-order valence-corrected chi connectivity index (χ3v) is 1.44. The van der Waals surface area contributed by atoms with E-state index in [2.05, 4.69) is 0 Å². The lowest BCUT2D eigenvalue weighted by molar-refractivity contribution is -0.152. The van der Waals surface area contributed by atoms with Gasteiger partial charge in [0.2, 0.25) is 0 Å². The summed E-state index contributed by atoms with van der Waals surface area (Å²) in [5, 5.41) is 26.6. The van der Waals surface area contributed by atoms with Crippen molar-refractivity contribution >= 4 is 23.8 Å². The molecule has 8 heteroatoms. The highest BCUT2D eigenvalue weighted by molar-refractivity contribution is 6.31. The Morgan fingerprint density at radius 2 is 1.60 bits per heavy atom. The molecule has 0 heterocycles. The van der Waals surface area contributed by atoms with Gasteiger partial charge in [0.15, 0.2) is 0 Å². The largest absolute Gasteiger partial charge is 0.481 e. The number of carboxylic acid groups (broad SMARTS) is 3. The summed E-state index contributed by atoms with van der Waals surface area (Å²) in [6.45, 7) is 0. The predicted molar refractivity (Wildman–Crippen MR) is 44.1 cm³/mol. The van der Waals surface area contributed by atoms with Gasteiger partial charge in [0, 0.05) is 6.42 Å². The Kier molecular flexibility index (Phi) is 4.79. The topological polar surface area (TPSA) is 141 Å². The second-order valence-corrected chi connectivity index (χ2v) is 2.60. The molecule has 0 rings (SSSR count). The molecule has 4 N–H and O–H groups in total. The molecule has 15 heavy (non-hydrogen) atoms. The molecule has 0 fully saturated rings. The minimum Gasteiger partial charge on any atom is -0.481 e. The van der Waals surface area contributed by atoms with Crippen molar-refractivity contribution in [3.05, 3.63) is 0 Å². The van der Waals surface area contributed by atoms with Crippen LogP contribution in [0.15, 0.2) is 0 Å². The van der Waals surface area contributed by atoms with Crippen LogP contribution in [-0.2, 0) is 19.2 Å². The molecule has 84 valence electrons. The van der Waals surface area contributed by atoms with Crippen molar-refractivity contribution in [3.63, 3.8) is 0 Å². The summed E-state index contributed by atoms with van der Waals surface area (Å²) < 4.78 is 0.